The van der Waals surface area contributed by atoms with Crippen molar-refractivity contribution in [2.45, 2.75) is 12.6 Å². The zero-order valence-corrected chi connectivity index (χ0v) is 15.9. The van der Waals surface area contributed by atoms with Gasteiger partial charge in [0.15, 0.2) is 0 Å². The smallest absolute Gasteiger partial charge is 0.325 e. The van der Waals surface area contributed by atoms with Crippen LogP contribution in [0.4, 0.5) is 10.5 Å². The van der Waals surface area contributed by atoms with E-state index in [2.05, 4.69) is 5.32 Å². The van der Waals surface area contributed by atoms with E-state index < -0.39 is 12.0 Å². The van der Waals surface area contributed by atoms with Crippen LogP contribution in [0.1, 0.15) is 17.2 Å². The van der Waals surface area contributed by atoms with E-state index in [0.717, 1.165) is 5.56 Å². The molecule has 28 heavy (non-hydrogen) atoms. The van der Waals surface area contributed by atoms with Crippen LogP contribution in [0.2, 0.25) is 0 Å². The van der Waals surface area contributed by atoms with Crippen molar-refractivity contribution in [1.82, 2.24) is 9.80 Å². The highest BCUT2D eigenvalue weighted by molar-refractivity contribution is 5.89. The van der Waals surface area contributed by atoms with Crippen LogP contribution in [0.25, 0.3) is 0 Å². The van der Waals surface area contributed by atoms with E-state index in [0.29, 0.717) is 44.1 Å². The molecule has 0 radical (unpaired) electrons. The van der Waals surface area contributed by atoms with Gasteiger partial charge in [0.1, 0.15) is 6.04 Å². The summed E-state index contributed by atoms with van der Waals surface area (Å²) < 4.78 is 5.25. The molecule has 1 aliphatic rings. The molecule has 3 rings (SSSR count). The maximum Gasteiger partial charge on any atom is 0.325 e. The lowest BCUT2D eigenvalue weighted by atomic mass is 10.0. The largest absolute Gasteiger partial charge is 0.480 e. The van der Waals surface area contributed by atoms with Crippen molar-refractivity contribution in [2.24, 2.45) is 0 Å². The van der Waals surface area contributed by atoms with E-state index in [-0.39, 0.29) is 6.03 Å². The molecule has 7 heteroatoms. The minimum atomic E-state index is -0.913. The maximum absolute atomic E-state index is 12.3. The van der Waals surface area contributed by atoms with Crippen LogP contribution in [-0.4, -0.2) is 60.3 Å². The summed E-state index contributed by atoms with van der Waals surface area (Å²) in [6.07, 6.45) is 0. The molecule has 2 aromatic carbocycles. The Labute approximate surface area is 164 Å². The van der Waals surface area contributed by atoms with Crippen molar-refractivity contribution >= 4 is 17.7 Å². The first kappa shape index (κ1) is 19.9. The fourth-order valence-electron chi connectivity index (χ4n) is 3.27. The Morgan fingerprint density at radius 2 is 1.75 bits per heavy atom. The second kappa shape index (κ2) is 9.34. The number of hydrogen-bond acceptors (Lipinski definition) is 4. The summed E-state index contributed by atoms with van der Waals surface area (Å²) in [5, 5.41) is 12.6. The van der Waals surface area contributed by atoms with Gasteiger partial charge in [0.2, 0.25) is 0 Å². The molecule has 1 heterocycles. The van der Waals surface area contributed by atoms with Gasteiger partial charge in [0.05, 0.1) is 13.2 Å². The molecule has 0 spiro atoms. The Morgan fingerprint density at radius 1 is 1.11 bits per heavy atom. The first-order valence-corrected chi connectivity index (χ1v) is 9.25. The lowest BCUT2D eigenvalue weighted by Gasteiger charge is -2.27. The van der Waals surface area contributed by atoms with E-state index in [1.54, 1.807) is 41.1 Å². The third-order valence-corrected chi connectivity index (χ3v) is 4.73. The summed E-state index contributed by atoms with van der Waals surface area (Å²) in [5.41, 5.74) is 2.34. The number of carbonyl (C=O) groups excluding carboxylic acids is 1. The Morgan fingerprint density at radius 3 is 2.36 bits per heavy atom. The molecule has 1 aliphatic heterocycles. The topological polar surface area (TPSA) is 82.1 Å². The highest BCUT2D eigenvalue weighted by Gasteiger charge is 2.25. The summed E-state index contributed by atoms with van der Waals surface area (Å²) in [5.74, 6) is -0.913. The number of carbonyl (C=O) groups is 2. The Kier molecular flexibility index (Phi) is 6.62. The van der Waals surface area contributed by atoms with Crippen molar-refractivity contribution in [3.63, 3.8) is 0 Å². The summed E-state index contributed by atoms with van der Waals surface area (Å²) in [4.78, 5) is 27.6. The van der Waals surface area contributed by atoms with Crippen molar-refractivity contribution in [1.29, 1.82) is 0 Å². The van der Waals surface area contributed by atoms with Gasteiger partial charge in [-0.1, -0.05) is 42.5 Å². The summed E-state index contributed by atoms with van der Waals surface area (Å²) >= 11 is 0. The zero-order valence-electron chi connectivity index (χ0n) is 15.9. The summed E-state index contributed by atoms with van der Waals surface area (Å²) in [7, 11) is 1.79. The molecule has 1 atom stereocenters. The molecular formula is C21H25N3O4. The molecule has 1 fully saturated rings. The normalized spacial score (nSPS) is 15.3. The highest BCUT2D eigenvalue weighted by Crippen LogP contribution is 2.23. The Hall–Kier alpha value is -2.90. The van der Waals surface area contributed by atoms with Crippen LogP contribution in [0.5, 0.6) is 0 Å². The van der Waals surface area contributed by atoms with Crippen LogP contribution in [0, 0.1) is 0 Å². The summed E-state index contributed by atoms with van der Waals surface area (Å²) in [6.45, 7) is 2.73. The Bertz CT molecular complexity index is 789. The Balaban J connectivity index is 1.66. The molecule has 0 unspecified atom stereocenters. The van der Waals surface area contributed by atoms with E-state index >= 15 is 0 Å². The number of nitrogens with zero attached hydrogens (tertiary/aromatic N) is 2. The van der Waals surface area contributed by atoms with E-state index in [1.807, 2.05) is 30.3 Å². The molecule has 148 valence electrons. The number of urea groups is 1. The van der Waals surface area contributed by atoms with E-state index in [4.69, 9.17) is 4.74 Å². The second-order valence-corrected chi connectivity index (χ2v) is 6.79. The van der Waals surface area contributed by atoms with Crippen molar-refractivity contribution in [2.75, 3.05) is 38.7 Å². The van der Waals surface area contributed by atoms with Crippen molar-refractivity contribution < 1.29 is 19.4 Å². The number of aliphatic carboxylic acids is 1. The number of nitrogens with one attached hydrogen (secondary N) is 1. The standard InChI is InChI=1S/C21H25N3O4/c1-23(15-16-5-3-2-4-6-16)19(20(25)26)17-7-9-18(10-8-17)22-21(27)24-11-13-28-14-12-24/h2-10,19H,11-15H2,1H3,(H,22,27)(H,25,26)/t19-/m0/s1. The van der Waals surface area contributed by atoms with Crippen LogP contribution in [-0.2, 0) is 16.1 Å². The van der Waals surface area contributed by atoms with Crippen LogP contribution in [0.3, 0.4) is 0 Å². The average Bonchev–Trinajstić information content (AvgIpc) is 2.70. The SMILES string of the molecule is CN(Cc1ccccc1)[C@H](C(=O)O)c1ccc(NC(=O)N2CCOCC2)cc1. The van der Waals surface area contributed by atoms with Crippen molar-refractivity contribution in [3.05, 3.63) is 65.7 Å². The summed E-state index contributed by atoms with van der Waals surface area (Å²) in [6, 6.07) is 15.8. The monoisotopic (exact) mass is 383 g/mol. The van der Waals surface area contributed by atoms with Crippen LogP contribution >= 0.6 is 0 Å². The predicted molar refractivity (Wildman–Crippen MR) is 106 cm³/mol. The highest BCUT2D eigenvalue weighted by atomic mass is 16.5. The molecule has 0 aliphatic carbocycles. The number of rotatable bonds is 6. The third kappa shape index (κ3) is 5.09. The van der Waals surface area contributed by atoms with E-state index in [1.165, 1.54) is 0 Å². The molecular weight excluding hydrogens is 358 g/mol. The van der Waals surface area contributed by atoms with Gasteiger partial charge < -0.3 is 20.1 Å². The fourth-order valence-corrected chi connectivity index (χ4v) is 3.27. The molecule has 7 nitrogen and oxygen atoms in total. The second-order valence-electron chi connectivity index (χ2n) is 6.79. The minimum Gasteiger partial charge on any atom is -0.480 e. The number of likely N-dealkylation sites (N-methyl/N-ethyl adjacent to an activating group) is 1. The number of anilines is 1. The lowest BCUT2D eigenvalue weighted by molar-refractivity contribution is -0.143. The first-order valence-electron chi connectivity index (χ1n) is 9.25. The lowest BCUT2D eigenvalue weighted by Crippen LogP contribution is -2.43. The van der Waals surface area contributed by atoms with E-state index in [9.17, 15) is 14.7 Å². The van der Waals surface area contributed by atoms with Gasteiger partial charge in [-0.3, -0.25) is 9.69 Å². The number of hydrogen-bond donors (Lipinski definition) is 2. The fraction of sp³-hybridized carbons (Fsp3) is 0.333. The van der Waals surface area contributed by atoms with Crippen LogP contribution in [0.15, 0.2) is 54.6 Å². The number of carboxylic acids is 1. The predicted octanol–water partition coefficient (Wildman–Crippen LogP) is 2.81. The molecule has 2 amide bonds. The number of morpholine rings is 1. The number of ether oxygens (including phenoxy) is 1. The molecule has 0 saturated carbocycles. The quantitative estimate of drug-likeness (QED) is 0.802. The number of amides is 2. The molecule has 0 aromatic heterocycles. The first-order chi connectivity index (χ1) is 13.5. The molecule has 2 N–H and O–H groups in total. The molecule has 1 saturated heterocycles. The van der Waals surface area contributed by atoms with Crippen molar-refractivity contribution in [3.8, 4) is 0 Å². The third-order valence-electron chi connectivity index (χ3n) is 4.73. The minimum absolute atomic E-state index is 0.174. The molecule has 2 aromatic rings. The number of carboxylic acid groups (broad SMARTS) is 1. The van der Waals surface area contributed by atoms with Gasteiger partial charge >= 0.3 is 12.0 Å². The molecule has 0 bridgehead atoms. The van der Waals surface area contributed by atoms with Gasteiger partial charge in [-0.15, -0.1) is 0 Å². The van der Waals surface area contributed by atoms with Crippen LogP contribution < -0.4 is 5.32 Å². The average molecular weight is 383 g/mol. The maximum atomic E-state index is 12.3. The zero-order chi connectivity index (χ0) is 19.9. The van der Waals surface area contributed by atoms with Gasteiger partial charge in [0.25, 0.3) is 0 Å². The van der Waals surface area contributed by atoms with Gasteiger partial charge in [0, 0.05) is 25.3 Å². The van der Waals surface area contributed by atoms with Gasteiger partial charge in [-0.2, -0.15) is 0 Å². The van der Waals surface area contributed by atoms with Gasteiger partial charge in [-0.25, -0.2) is 4.79 Å². The van der Waals surface area contributed by atoms with Gasteiger partial charge in [-0.05, 0) is 30.3 Å². The number of benzene rings is 2.